The third kappa shape index (κ3) is 4.58. The van der Waals surface area contributed by atoms with E-state index < -0.39 is 0 Å². The number of urea groups is 1. The molecule has 0 unspecified atom stereocenters. The highest BCUT2D eigenvalue weighted by Gasteiger charge is 2.23. The average Bonchev–Trinajstić information content (AvgIpc) is 2.81. The van der Waals surface area contributed by atoms with Gasteiger partial charge in [-0.25, -0.2) is 9.78 Å². The fraction of sp³-hybridized carbons (Fsp3) is 0.500. The highest BCUT2D eigenvalue weighted by atomic mass is 16.5. The fourth-order valence-corrected chi connectivity index (χ4v) is 4.00. The molecule has 1 N–H and O–H groups in total. The zero-order chi connectivity index (χ0) is 20.9. The number of aryl methyl sites for hydroxylation is 1. The molecule has 160 valence electrons. The van der Waals surface area contributed by atoms with Crippen LogP contribution >= 0.6 is 0 Å². The van der Waals surface area contributed by atoms with Gasteiger partial charge in [-0.15, -0.1) is 0 Å². The molecule has 3 heterocycles. The molecule has 1 aromatic carbocycles. The summed E-state index contributed by atoms with van der Waals surface area (Å²) in [6.07, 6.45) is 5.54. The van der Waals surface area contributed by atoms with E-state index in [-0.39, 0.29) is 6.03 Å². The van der Waals surface area contributed by atoms with Gasteiger partial charge in [0.2, 0.25) is 5.95 Å². The van der Waals surface area contributed by atoms with Crippen LogP contribution in [0, 0.1) is 6.92 Å². The van der Waals surface area contributed by atoms with E-state index in [9.17, 15) is 4.79 Å². The van der Waals surface area contributed by atoms with E-state index in [2.05, 4.69) is 20.1 Å². The van der Waals surface area contributed by atoms with E-state index in [0.29, 0.717) is 13.1 Å². The van der Waals surface area contributed by atoms with Gasteiger partial charge >= 0.3 is 6.03 Å². The smallest absolute Gasteiger partial charge is 0.321 e. The van der Waals surface area contributed by atoms with Crippen molar-refractivity contribution in [2.45, 2.75) is 26.2 Å². The molecule has 0 radical (unpaired) electrons. The van der Waals surface area contributed by atoms with Gasteiger partial charge in [0.15, 0.2) is 0 Å². The van der Waals surface area contributed by atoms with Gasteiger partial charge < -0.3 is 24.8 Å². The van der Waals surface area contributed by atoms with E-state index in [4.69, 9.17) is 9.72 Å². The minimum Gasteiger partial charge on any atom is -0.497 e. The minimum absolute atomic E-state index is 0.0698. The fourth-order valence-electron chi connectivity index (χ4n) is 4.00. The maximum atomic E-state index is 12.7. The SMILES string of the molecule is COc1ccc(NC(=O)N2CCN(c3ccnc(N4CCCCC4)n3)CC2)c(C)c1. The van der Waals surface area contributed by atoms with Crippen LogP contribution in [0.3, 0.4) is 0 Å². The summed E-state index contributed by atoms with van der Waals surface area (Å²) < 4.78 is 5.23. The van der Waals surface area contributed by atoms with E-state index >= 15 is 0 Å². The summed E-state index contributed by atoms with van der Waals surface area (Å²) in [5.74, 6) is 2.55. The van der Waals surface area contributed by atoms with Crippen LogP contribution < -0.4 is 19.9 Å². The van der Waals surface area contributed by atoms with Crippen LogP contribution in [0.5, 0.6) is 5.75 Å². The molecule has 2 aliphatic rings. The van der Waals surface area contributed by atoms with Crippen molar-refractivity contribution in [2.24, 2.45) is 0 Å². The third-order valence-electron chi connectivity index (χ3n) is 5.83. The standard InChI is InChI=1S/C22H30N6O2/c1-17-16-18(30-2)6-7-19(17)24-22(29)28-14-12-26(13-15-28)20-8-9-23-21(25-20)27-10-4-3-5-11-27/h6-9,16H,3-5,10-15H2,1-2H3,(H,24,29). The Morgan fingerprint density at radius 3 is 2.47 bits per heavy atom. The predicted octanol–water partition coefficient (Wildman–Crippen LogP) is 3.14. The van der Waals surface area contributed by atoms with E-state index in [1.54, 1.807) is 7.11 Å². The lowest BCUT2D eigenvalue weighted by molar-refractivity contribution is 0.208. The van der Waals surface area contributed by atoms with Crippen LogP contribution in [0.1, 0.15) is 24.8 Å². The van der Waals surface area contributed by atoms with Crippen molar-refractivity contribution in [3.8, 4) is 5.75 Å². The molecule has 8 nitrogen and oxygen atoms in total. The number of benzene rings is 1. The number of nitrogens with zero attached hydrogens (tertiary/aromatic N) is 5. The molecule has 2 fully saturated rings. The first-order valence-electron chi connectivity index (χ1n) is 10.7. The lowest BCUT2D eigenvalue weighted by Crippen LogP contribution is -2.50. The molecule has 2 aromatic rings. The highest BCUT2D eigenvalue weighted by Crippen LogP contribution is 2.23. The largest absolute Gasteiger partial charge is 0.497 e. The van der Waals surface area contributed by atoms with Gasteiger partial charge in [-0.1, -0.05) is 0 Å². The number of piperazine rings is 1. The van der Waals surface area contributed by atoms with Crippen molar-refractivity contribution in [3.05, 3.63) is 36.0 Å². The molecule has 0 atom stereocenters. The zero-order valence-corrected chi connectivity index (χ0v) is 17.8. The number of hydrogen-bond acceptors (Lipinski definition) is 6. The Morgan fingerprint density at radius 2 is 1.77 bits per heavy atom. The van der Waals surface area contributed by atoms with Gasteiger partial charge in [-0.2, -0.15) is 4.98 Å². The van der Waals surface area contributed by atoms with Crippen molar-refractivity contribution in [1.29, 1.82) is 0 Å². The number of carbonyl (C=O) groups is 1. The quantitative estimate of drug-likeness (QED) is 0.835. The van der Waals surface area contributed by atoms with Gasteiger partial charge in [0.1, 0.15) is 11.6 Å². The number of piperidine rings is 1. The number of hydrogen-bond donors (Lipinski definition) is 1. The van der Waals surface area contributed by atoms with E-state index in [1.807, 2.05) is 42.3 Å². The number of amides is 2. The van der Waals surface area contributed by atoms with Crippen LogP contribution in [-0.2, 0) is 0 Å². The van der Waals surface area contributed by atoms with Crippen LogP contribution in [0.2, 0.25) is 0 Å². The summed E-state index contributed by atoms with van der Waals surface area (Å²) in [6, 6.07) is 7.55. The van der Waals surface area contributed by atoms with Gasteiger partial charge in [0.05, 0.1) is 7.11 Å². The first-order chi connectivity index (χ1) is 14.6. The molecule has 0 saturated carbocycles. The molecule has 30 heavy (non-hydrogen) atoms. The zero-order valence-electron chi connectivity index (χ0n) is 17.8. The number of ether oxygens (including phenoxy) is 1. The molecule has 2 amide bonds. The van der Waals surface area contributed by atoms with Crippen LogP contribution in [0.4, 0.5) is 22.2 Å². The summed E-state index contributed by atoms with van der Waals surface area (Å²) in [4.78, 5) is 28.3. The monoisotopic (exact) mass is 410 g/mol. The molecular weight excluding hydrogens is 380 g/mol. The maximum Gasteiger partial charge on any atom is 0.321 e. The number of aromatic nitrogens is 2. The minimum atomic E-state index is -0.0698. The van der Waals surface area contributed by atoms with Gasteiger partial charge in [0, 0.05) is 51.2 Å². The number of nitrogens with one attached hydrogen (secondary N) is 1. The number of methoxy groups -OCH3 is 1. The Kier molecular flexibility index (Phi) is 6.21. The topological polar surface area (TPSA) is 73.8 Å². The lowest BCUT2D eigenvalue weighted by atomic mass is 10.1. The van der Waals surface area contributed by atoms with Crippen molar-refractivity contribution in [1.82, 2.24) is 14.9 Å². The lowest BCUT2D eigenvalue weighted by Gasteiger charge is -2.36. The predicted molar refractivity (Wildman–Crippen MR) is 119 cm³/mol. The molecular formula is C22H30N6O2. The molecule has 0 spiro atoms. The van der Waals surface area contributed by atoms with Crippen LogP contribution in [0.25, 0.3) is 0 Å². The van der Waals surface area contributed by atoms with Crippen LogP contribution in [-0.4, -0.2) is 67.3 Å². The highest BCUT2D eigenvalue weighted by molar-refractivity contribution is 5.90. The van der Waals surface area contributed by atoms with E-state index in [0.717, 1.165) is 54.9 Å². The van der Waals surface area contributed by atoms with Crippen LogP contribution in [0.15, 0.2) is 30.5 Å². The maximum absolute atomic E-state index is 12.7. The molecule has 1 aromatic heterocycles. The molecule has 0 bridgehead atoms. The number of carbonyl (C=O) groups excluding carboxylic acids is 1. The summed E-state index contributed by atoms with van der Waals surface area (Å²) in [6.45, 7) is 6.85. The number of rotatable bonds is 4. The Morgan fingerprint density at radius 1 is 1.00 bits per heavy atom. The first kappa shape index (κ1) is 20.3. The van der Waals surface area contributed by atoms with Gasteiger partial charge in [-0.05, 0) is 56.0 Å². The molecule has 2 aliphatic heterocycles. The Bertz CT molecular complexity index is 876. The molecule has 8 heteroatoms. The van der Waals surface area contributed by atoms with Crippen molar-refractivity contribution >= 4 is 23.5 Å². The number of anilines is 3. The molecule has 2 saturated heterocycles. The van der Waals surface area contributed by atoms with Gasteiger partial charge in [0.25, 0.3) is 0 Å². The molecule has 0 aliphatic carbocycles. The second-order valence-electron chi connectivity index (χ2n) is 7.85. The van der Waals surface area contributed by atoms with Crippen molar-refractivity contribution in [3.63, 3.8) is 0 Å². The first-order valence-corrected chi connectivity index (χ1v) is 10.7. The normalized spacial score (nSPS) is 17.1. The Labute approximate surface area is 177 Å². The summed E-state index contributed by atoms with van der Waals surface area (Å²) >= 11 is 0. The van der Waals surface area contributed by atoms with Crippen molar-refractivity contribution < 1.29 is 9.53 Å². The molecule has 4 rings (SSSR count). The summed E-state index contributed by atoms with van der Waals surface area (Å²) in [5.41, 5.74) is 1.79. The second-order valence-corrected chi connectivity index (χ2v) is 7.85. The summed E-state index contributed by atoms with van der Waals surface area (Å²) in [7, 11) is 1.64. The third-order valence-corrected chi connectivity index (χ3v) is 5.83. The Balaban J connectivity index is 1.34. The average molecular weight is 411 g/mol. The van der Waals surface area contributed by atoms with Crippen molar-refractivity contribution in [2.75, 3.05) is 61.5 Å². The summed E-state index contributed by atoms with van der Waals surface area (Å²) in [5, 5.41) is 3.02. The van der Waals surface area contributed by atoms with Gasteiger partial charge in [-0.3, -0.25) is 0 Å². The van der Waals surface area contributed by atoms with E-state index in [1.165, 1.54) is 19.3 Å². The Hall–Kier alpha value is -3.03. The second kappa shape index (κ2) is 9.19.